The van der Waals surface area contributed by atoms with Crippen molar-refractivity contribution >= 4 is 14.4 Å². The Kier molecular flexibility index (Phi) is 8.69. The first-order valence-electron chi connectivity index (χ1n) is 8.68. The summed E-state index contributed by atoms with van der Waals surface area (Å²) in [6, 6.07) is -0.545. The molecule has 2 N–H and O–H groups in total. The van der Waals surface area contributed by atoms with Crippen LogP contribution in [0.5, 0.6) is 0 Å². The molecule has 0 aliphatic carbocycles. The van der Waals surface area contributed by atoms with Gasteiger partial charge in [0.1, 0.15) is 5.60 Å². The first-order chi connectivity index (χ1) is 10.7. The summed E-state index contributed by atoms with van der Waals surface area (Å²) in [6.07, 6.45) is 3.02. The zero-order chi connectivity index (χ0) is 19.2. The molecule has 6 heteroatoms. The van der Waals surface area contributed by atoms with Crippen LogP contribution >= 0.6 is 0 Å². The molecule has 0 saturated heterocycles. The number of hydrogen-bond donors (Lipinski definition) is 2. The summed E-state index contributed by atoms with van der Waals surface area (Å²) in [6.45, 7) is 18.4. The standard InChI is InChI=1S/C18H37NO4Si/c1-10-11-12-15(20)14(19-16(21)23-17(2,3)4)13-22-24(8,9)18(5,6)7/h11-12,14-15,20H,10,13H2,1-9H3,(H,19,21)/b12-11+/t14-,15+/m0/s1. The van der Waals surface area contributed by atoms with Gasteiger partial charge >= 0.3 is 6.09 Å². The van der Waals surface area contributed by atoms with Gasteiger partial charge in [0.25, 0.3) is 0 Å². The maximum Gasteiger partial charge on any atom is 0.408 e. The van der Waals surface area contributed by atoms with E-state index < -0.39 is 32.2 Å². The van der Waals surface area contributed by atoms with Crippen molar-refractivity contribution in [1.29, 1.82) is 0 Å². The molecule has 2 atom stereocenters. The van der Waals surface area contributed by atoms with Crippen molar-refractivity contribution in [2.24, 2.45) is 0 Å². The van der Waals surface area contributed by atoms with Gasteiger partial charge in [-0.05, 0) is 45.3 Å². The van der Waals surface area contributed by atoms with E-state index in [4.69, 9.17) is 9.16 Å². The molecule has 0 bridgehead atoms. The lowest BCUT2D eigenvalue weighted by Crippen LogP contribution is -2.51. The smallest absolute Gasteiger partial charge is 0.408 e. The van der Waals surface area contributed by atoms with Crippen LogP contribution in [0, 0.1) is 0 Å². The highest BCUT2D eigenvalue weighted by molar-refractivity contribution is 6.74. The number of carbonyl (C=O) groups excluding carboxylic acids is 1. The lowest BCUT2D eigenvalue weighted by Gasteiger charge is -2.37. The Bertz CT molecular complexity index is 422. The summed E-state index contributed by atoms with van der Waals surface area (Å²) < 4.78 is 11.5. The van der Waals surface area contributed by atoms with E-state index in [-0.39, 0.29) is 11.6 Å². The molecular formula is C18H37NO4Si. The van der Waals surface area contributed by atoms with Crippen molar-refractivity contribution in [3.8, 4) is 0 Å². The van der Waals surface area contributed by atoms with Crippen LogP contribution in [0.15, 0.2) is 12.2 Å². The fourth-order valence-electron chi connectivity index (χ4n) is 1.61. The normalized spacial score (nSPS) is 16.1. The van der Waals surface area contributed by atoms with Crippen molar-refractivity contribution in [2.45, 2.75) is 90.8 Å². The van der Waals surface area contributed by atoms with Gasteiger partial charge in [-0.15, -0.1) is 0 Å². The average Bonchev–Trinajstić information content (AvgIpc) is 2.37. The van der Waals surface area contributed by atoms with Gasteiger partial charge in [-0.3, -0.25) is 0 Å². The molecular weight excluding hydrogens is 322 g/mol. The molecule has 0 radical (unpaired) electrons. The molecule has 0 aliphatic heterocycles. The Morgan fingerprint density at radius 2 is 1.75 bits per heavy atom. The highest BCUT2D eigenvalue weighted by atomic mass is 28.4. The SMILES string of the molecule is CC/C=C/[C@@H](O)[C@H](CO[Si](C)(C)C(C)(C)C)NC(=O)OC(C)(C)C. The van der Waals surface area contributed by atoms with Gasteiger partial charge in [0.05, 0.1) is 18.8 Å². The second-order valence-electron chi connectivity index (χ2n) is 8.65. The number of aliphatic hydroxyl groups excluding tert-OH is 1. The molecule has 0 rings (SSSR count). The Labute approximate surface area is 148 Å². The molecule has 5 nitrogen and oxygen atoms in total. The van der Waals surface area contributed by atoms with E-state index in [0.717, 1.165) is 6.42 Å². The first kappa shape index (κ1) is 23.1. The Hall–Kier alpha value is -0.853. The Morgan fingerprint density at radius 3 is 2.17 bits per heavy atom. The number of aliphatic hydroxyl groups is 1. The van der Waals surface area contributed by atoms with Crippen LogP contribution in [-0.2, 0) is 9.16 Å². The molecule has 0 spiro atoms. The quantitative estimate of drug-likeness (QED) is 0.527. The van der Waals surface area contributed by atoms with Crippen LogP contribution in [0.25, 0.3) is 0 Å². The van der Waals surface area contributed by atoms with E-state index in [9.17, 15) is 9.90 Å². The highest BCUT2D eigenvalue weighted by Gasteiger charge is 2.38. The first-order valence-corrected chi connectivity index (χ1v) is 11.6. The van der Waals surface area contributed by atoms with Gasteiger partial charge < -0.3 is 19.6 Å². The third-order valence-corrected chi connectivity index (χ3v) is 8.61. The fourth-order valence-corrected chi connectivity index (χ4v) is 2.64. The molecule has 0 unspecified atom stereocenters. The van der Waals surface area contributed by atoms with Crippen LogP contribution in [0.2, 0.25) is 18.1 Å². The van der Waals surface area contributed by atoms with Gasteiger partial charge in [0.15, 0.2) is 8.32 Å². The minimum Gasteiger partial charge on any atom is -0.444 e. The number of rotatable bonds is 7. The average molecular weight is 360 g/mol. The van der Waals surface area contributed by atoms with Gasteiger partial charge in [-0.25, -0.2) is 4.79 Å². The van der Waals surface area contributed by atoms with Crippen LogP contribution in [0.4, 0.5) is 4.79 Å². The monoisotopic (exact) mass is 359 g/mol. The number of carbonyl (C=O) groups is 1. The summed E-state index contributed by atoms with van der Waals surface area (Å²) in [7, 11) is -1.97. The molecule has 1 amide bonds. The minimum atomic E-state index is -1.97. The van der Waals surface area contributed by atoms with E-state index in [0.29, 0.717) is 0 Å². The molecule has 0 fully saturated rings. The molecule has 0 aliphatic rings. The highest BCUT2D eigenvalue weighted by Crippen LogP contribution is 2.36. The van der Waals surface area contributed by atoms with Gasteiger partial charge in [0.2, 0.25) is 0 Å². The van der Waals surface area contributed by atoms with E-state index in [1.54, 1.807) is 26.8 Å². The maximum absolute atomic E-state index is 12.1. The van der Waals surface area contributed by atoms with E-state index in [1.165, 1.54) is 0 Å². The van der Waals surface area contributed by atoms with Crippen molar-refractivity contribution < 1.29 is 19.1 Å². The predicted octanol–water partition coefficient (Wildman–Crippen LogP) is 4.23. The topological polar surface area (TPSA) is 67.8 Å². The third-order valence-electron chi connectivity index (χ3n) is 4.11. The molecule has 0 aromatic rings. The molecule has 24 heavy (non-hydrogen) atoms. The van der Waals surface area contributed by atoms with E-state index in [2.05, 4.69) is 39.2 Å². The second kappa shape index (κ2) is 9.01. The van der Waals surface area contributed by atoms with Crippen molar-refractivity contribution in [3.63, 3.8) is 0 Å². The van der Waals surface area contributed by atoms with Crippen LogP contribution < -0.4 is 5.32 Å². The summed E-state index contributed by atoms with van der Waals surface area (Å²) in [5.74, 6) is 0. The number of ether oxygens (including phenoxy) is 1. The lowest BCUT2D eigenvalue weighted by atomic mass is 10.1. The predicted molar refractivity (Wildman–Crippen MR) is 102 cm³/mol. The molecule has 142 valence electrons. The number of allylic oxidation sites excluding steroid dienone is 1. The Morgan fingerprint density at radius 1 is 1.21 bits per heavy atom. The van der Waals surface area contributed by atoms with Gasteiger partial charge in [-0.2, -0.15) is 0 Å². The molecule has 0 aromatic carbocycles. The van der Waals surface area contributed by atoms with Crippen LogP contribution in [-0.4, -0.2) is 43.9 Å². The van der Waals surface area contributed by atoms with Crippen molar-refractivity contribution in [1.82, 2.24) is 5.32 Å². The Balaban J connectivity index is 5.01. The van der Waals surface area contributed by atoms with Crippen molar-refractivity contribution in [3.05, 3.63) is 12.2 Å². The summed E-state index contributed by atoms with van der Waals surface area (Å²) in [4.78, 5) is 12.1. The molecule has 0 saturated carbocycles. The summed E-state index contributed by atoms with van der Waals surface area (Å²) in [5, 5.41) is 13.2. The van der Waals surface area contributed by atoms with E-state index in [1.807, 2.05) is 13.0 Å². The lowest BCUT2D eigenvalue weighted by molar-refractivity contribution is 0.0411. The number of alkyl carbamates (subject to hydrolysis) is 1. The van der Waals surface area contributed by atoms with Crippen LogP contribution in [0.1, 0.15) is 54.9 Å². The number of nitrogens with one attached hydrogen (secondary N) is 1. The largest absolute Gasteiger partial charge is 0.444 e. The fraction of sp³-hybridized carbons (Fsp3) is 0.833. The minimum absolute atomic E-state index is 0.0632. The summed E-state index contributed by atoms with van der Waals surface area (Å²) >= 11 is 0. The molecule has 0 heterocycles. The number of hydrogen-bond acceptors (Lipinski definition) is 4. The second-order valence-corrected chi connectivity index (χ2v) is 13.5. The number of amides is 1. The summed E-state index contributed by atoms with van der Waals surface area (Å²) in [5.41, 5.74) is -0.584. The third kappa shape index (κ3) is 8.85. The van der Waals surface area contributed by atoms with Crippen molar-refractivity contribution in [2.75, 3.05) is 6.61 Å². The van der Waals surface area contributed by atoms with Gasteiger partial charge in [0, 0.05) is 0 Å². The maximum atomic E-state index is 12.1. The zero-order valence-corrected chi connectivity index (χ0v) is 17.9. The van der Waals surface area contributed by atoms with Gasteiger partial charge in [-0.1, -0.05) is 39.8 Å². The molecule has 0 aromatic heterocycles. The van der Waals surface area contributed by atoms with Crippen LogP contribution in [0.3, 0.4) is 0 Å². The zero-order valence-electron chi connectivity index (χ0n) is 16.9. The van der Waals surface area contributed by atoms with E-state index >= 15 is 0 Å².